The van der Waals surface area contributed by atoms with E-state index in [0.29, 0.717) is 6.42 Å². The molecule has 0 unspecified atom stereocenters. The largest absolute Gasteiger partial charge is 0.248 e. The van der Waals surface area contributed by atoms with Crippen LogP contribution in [0, 0.1) is 0 Å². The topological polar surface area (TPSA) is 59.1 Å². The quantitative estimate of drug-likeness (QED) is 0.820. The molecule has 92 valence electrons. The van der Waals surface area contributed by atoms with Gasteiger partial charge in [0.1, 0.15) is 5.01 Å². The molecule has 0 saturated heterocycles. The monoisotopic (exact) mass is 262 g/mol. The van der Waals surface area contributed by atoms with Gasteiger partial charge in [0.2, 0.25) is 10.0 Å². The molecule has 0 amide bonds. The zero-order valence-electron chi connectivity index (χ0n) is 9.64. The normalized spacial score (nSPS) is 13.9. The predicted octanol–water partition coefficient (Wildman–Crippen LogP) is 2.31. The van der Waals surface area contributed by atoms with Crippen molar-refractivity contribution >= 4 is 21.4 Å². The lowest BCUT2D eigenvalue weighted by Gasteiger charge is -2.14. The molecule has 0 aliphatic heterocycles. The van der Waals surface area contributed by atoms with Crippen molar-refractivity contribution in [2.45, 2.75) is 39.2 Å². The van der Waals surface area contributed by atoms with Gasteiger partial charge in [-0.1, -0.05) is 20.3 Å². The van der Waals surface area contributed by atoms with Crippen LogP contribution in [0.4, 0.5) is 0 Å². The van der Waals surface area contributed by atoms with E-state index >= 15 is 0 Å². The molecule has 0 spiro atoms. The summed E-state index contributed by atoms with van der Waals surface area (Å²) < 4.78 is 26.1. The van der Waals surface area contributed by atoms with Crippen LogP contribution in [0.25, 0.3) is 0 Å². The van der Waals surface area contributed by atoms with Crippen molar-refractivity contribution in [3.8, 4) is 0 Å². The standard InChI is InChI=1S/C10H18N2O2S2/c1-3-5-8-16(13,14)12-9(4-2)10-11-6-7-15-10/h6-7,9,12H,3-5,8H2,1-2H3/t9-/m1/s1. The predicted molar refractivity (Wildman–Crippen MR) is 67.0 cm³/mol. The number of hydrogen-bond acceptors (Lipinski definition) is 4. The molecule has 4 nitrogen and oxygen atoms in total. The average molecular weight is 262 g/mol. The third-order valence-electron chi connectivity index (χ3n) is 2.25. The Kier molecular flexibility index (Phi) is 5.37. The summed E-state index contributed by atoms with van der Waals surface area (Å²) >= 11 is 1.48. The van der Waals surface area contributed by atoms with Crippen LogP contribution < -0.4 is 4.72 Å². The first-order valence-corrected chi connectivity index (χ1v) is 8.01. The van der Waals surface area contributed by atoms with Gasteiger partial charge in [-0.05, 0) is 12.8 Å². The number of unbranched alkanes of at least 4 members (excludes halogenated alkanes) is 1. The first kappa shape index (κ1) is 13.6. The lowest BCUT2D eigenvalue weighted by molar-refractivity contribution is 0.546. The number of hydrogen-bond donors (Lipinski definition) is 1. The van der Waals surface area contributed by atoms with Crippen molar-refractivity contribution in [1.29, 1.82) is 0 Å². The van der Waals surface area contributed by atoms with Gasteiger partial charge < -0.3 is 0 Å². The summed E-state index contributed by atoms with van der Waals surface area (Å²) in [6.45, 7) is 3.93. The number of aromatic nitrogens is 1. The third kappa shape index (κ3) is 4.19. The molecule has 0 aliphatic rings. The summed E-state index contributed by atoms with van der Waals surface area (Å²) in [5.74, 6) is 0.200. The molecule has 0 saturated carbocycles. The molecule has 1 aromatic heterocycles. The molecule has 1 heterocycles. The van der Waals surface area contributed by atoms with Crippen LogP contribution in [-0.2, 0) is 10.0 Å². The van der Waals surface area contributed by atoms with E-state index in [-0.39, 0.29) is 11.8 Å². The van der Waals surface area contributed by atoms with Crippen LogP contribution in [0.1, 0.15) is 44.2 Å². The van der Waals surface area contributed by atoms with Gasteiger partial charge >= 0.3 is 0 Å². The Morgan fingerprint density at radius 3 is 2.75 bits per heavy atom. The Hall–Kier alpha value is -0.460. The van der Waals surface area contributed by atoms with E-state index in [9.17, 15) is 8.42 Å². The Bertz CT molecular complexity index is 387. The van der Waals surface area contributed by atoms with Gasteiger partial charge in [-0.3, -0.25) is 0 Å². The van der Waals surface area contributed by atoms with E-state index in [4.69, 9.17) is 0 Å². The van der Waals surface area contributed by atoms with Gasteiger partial charge in [-0.15, -0.1) is 11.3 Å². The van der Waals surface area contributed by atoms with Crippen molar-refractivity contribution in [3.63, 3.8) is 0 Å². The van der Waals surface area contributed by atoms with Crippen LogP contribution in [0.15, 0.2) is 11.6 Å². The molecule has 0 radical (unpaired) electrons. The lowest BCUT2D eigenvalue weighted by atomic mass is 10.3. The minimum atomic E-state index is -3.16. The van der Waals surface area contributed by atoms with Crippen molar-refractivity contribution in [2.75, 3.05) is 5.75 Å². The number of thiazole rings is 1. The minimum Gasteiger partial charge on any atom is -0.248 e. The third-order valence-corrected chi connectivity index (χ3v) is 4.61. The summed E-state index contributed by atoms with van der Waals surface area (Å²) in [6.07, 6.45) is 4.00. The molecule has 0 aromatic carbocycles. The Morgan fingerprint density at radius 2 is 2.25 bits per heavy atom. The highest BCUT2D eigenvalue weighted by Gasteiger charge is 2.19. The molecule has 16 heavy (non-hydrogen) atoms. The van der Waals surface area contributed by atoms with Gasteiger partial charge in [0.25, 0.3) is 0 Å². The number of nitrogens with zero attached hydrogens (tertiary/aromatic N) is 1. The van der Waals surface area contributed by atoms with Crippen molar-refractivity contribution in [1.82, 2.24) is 9.71 Å². The van der Waals surface area contributed by atoms with E-state index in [1.807, 2.05) is 19.2 Å². The van der Waals surface area contributed by atoms with Crippen LogP contribution >= 0.6 is 11.3 Å². The number of rotatable bonds is 7. The highest BCUT2D eigenvalue weighted by Crippen LogP contribution is 2.19. The maximum Gasteiger partial charge on any atom is 0.212 e. The Labute approximate surface area is 101 Å². The summed E-state index contributed by atoms with van der Waals surface area (Å²) in [4.78, 5) is 4.14. The zero-order chi connectivity index (χ0) is 12.0. The molecule has 1 rings (SSSR count). The summed E-state index contributed by atoms with van der Waals surface area (Å²) in [5, 5.41) is 2.70. The molecular formula is C10H18N2O2S2. The maximum absolute atomic E-state index is 11.7. The van der Waals surface area contributed by atoms with E-state index in [1.165, 1.54) is 11.3 Å². The van der Waals surface area contributed by atoms with E-state index in [1.54, 1.807) is 6.20 Å². The molecule has 1 aromatic rings. The smallest absolute Gasteiger partial charge is 0.212 e. The van der Waals surface area contributed by atoms with Crippen LogP contribution in [0.2, 0.25) is 0 Å². The Balaban J connectivity index is 2.63. The van der Waals surface area contributed by atoms with Crippen molar-refractivity contribution < 1.29 is 8.42 Å². The number of sulfonamides is 1. The second-order valence-corrected chi connectivity index (χ2v) is 6.42. The van der Waals surface area contributed by atoms with Crippen molar-refractivity contribution in [2.24, 2.45) is 0 Å². The molecule has 1 N–H and O–H groups in total. The lowest BCUT2D eigenvalue weighted by Crippen LogP contribution is -2.30. The molecule has 0 fully saturated rings. The van der Waals surface area contributed by atoms with Gasteiger partial charge in [-0.2, -0.15) is 0 Å². The van der Waals surface area contributed by atoms with Crippen LogP contribution in [-0.4, -0.2) is 19.2 Å². The second kappa shape index (κ2) is 6.32. The fourth-order valence-electron chi connectivity index (χ4n) is 1.32. The van der Waals surface area contributed by atoms with Crippen LogP contribution in [0.3, 0.4) is 0 Å². The number of nitrogens with one attached hydrogen (secondary N) is 1. The average Bonchev–Trinajstić information content (AvgIpc) is 2.76. The zero-order valence-corrected chi connectivity index (χ0v) is 11.3. The maximum atomic E-state index is 11.7. The van der Waals surface area contributed by atoms with Gasteiger partial charge in [0.15, 0.2) is 0 Å². The van der Waals surface area contributed by atoms with Gasteiger partial charge in [-0.25, -0.2) is 18.1 Å². The highest BCUT2D eigenvalue weighted by atomic mass is 32.2. The van der Waals surface area contributed by atoms with E-state index in [0.717, 1.165) is 17.8 Å². The summed E-state index contributed by atoms with van der Waals surface area (Å²) in [7, 11) is -3.16. The molecule has 6 heteroatoms. The molecule has 1 atom stereocenters. The first-order valence-electron chi connectivity index (χ1n) is 5.48. The van der Waals surface area contributed by atoms with Gasteiger partial charge in [0.05, 0.1) is 11.8 Å². The SMILES string of the molecule is CCCCS(=O)(=O)N[C@H](CC)c1nccs1. The summed E-state index contributed by atoms with van der Waals surface area (Å²) in [5.41, 5.74) is 0. The molecular weight excluding hydrogens is 244 g/mol. The minimum absolute atomic E-state index is 0.179. The fourth-order valence-corrected chi connectivity index (χ4v) is 3.67. The summed E-state index contributed by atoms with van der Waals surface area (Å²) in [6, 6.07) is -0.179. The first-order chi connectivity index (χ1) is 7.59. The van der Waals surface area contributed by atoms with E-state index in [2.05, 4.69) is 9.71 Å². The molecule has 0 bridgehead atoms. The van der Waals surface area contributed by atoms with Crippen molar-refractivity contribution in [3.05, 3.63) is 16.6 Å². The van der Waals surface area contributed by atoms with Crippen LogP contribution in [0.5, 0.6) is 0 Å². The van der Waals surface area contributed by atoms with E-state index < -0.39 is 10.0 Å². The Morgan fingerprint density at radius 1 is 1.50 bits per heavy atom. The second-order valence-electron chi connectivity index (χ2n) is 3.62. The highest BCUT2D eigenvalue weighted by molar-refractivity contribution is 7.89. The molecule has 0 aliphatic carbocycles. The van der Waals surface area contributed by atoms with Gasteiger partial charge in [0, 0.05) is 11.6 Å². The fraction of sp³-hybridized carbons (Fsp3) is 0.700.